The molecule has 2 N–H and O–H groups in total. The largest absolute Gasteiger partial charge is 0.353 e. The van der Waals surface area contributed by atoms with Gasteiger partial charge in [0.05, 0.1) is 6.54 Å². The molecule has 8 heteroatoms. The predicted octanol–water partition coefficient (Wildman–Crippen LogP) is -0.356. The minimum Gasteiger partial charge on any atom is -0.273 e. The molecule has 118 valence electrons. The average Bonchev–Trinajstić information content (AvgIpc) is 2.44. The molecule has 0 saturated heterocycles. The van der Waals surface area contributed by atoms with E-state index in [4.69, 9.17) is 0 Å². The Balaban J connectivity index is 3.37. The molecule has 8 nitrogen and oxygen atoms in total. The van der Waals surface area contributed by atoms with E-state index in [-0.39, 0.29) is 6.54 Å². The number of nitrogens with zero attached hydrogens (tertiary/aromatic N) is 2. The molecule has 0 aliphatic rings. The van der Waals surface area contributed by atoms with Crippen molar-refractivity contribution in [1.29, 1.82) is 0 Å². The van der Waals surface area contributed by atoms with E-state index >= 15 is 0 Å². The van der Waals surface area contributed by atoms with Gasteiger partial charge in [0.1, 0.15) is 0 Å². The summed E-state index contributed by atoms with van der Waals surface area (Å²) in [5, 5.41) is 0.932. The maximum absolute atomic E-state index is 12.6. The summed E-state index contributed by atoms with van der Waals surface area (Å²) < 4.78 is 0.546. The number of carbonyl (C=O) groups is 1. The van der Waals surface area contributed by atoms with Gasteiger partial charge in [-0.15, -0.1) is 24.4 Å². The lowest BCUT2D eigenvalue weighted by atomic mass is 10.0. The van der Waals surface area contributed by atoms with Crippen molar-refractivity contribution in [2.45, 2.75) is 12.8 Å². The summed E-state index contributed by atoms with van der Waals surface area (Å²) in [4.78, 5) is 51.1. The number of aromatic nitrogens is 3. The Bertz CT molecular complexity index is 696. The van der Waals surface area contributed by atoms with Crippen molar-refractivity contribution >= 4 is 5.91 Å². The number of nitrogens with one attached hydrogen (secondary N) is 2. The number of rotatable bonds is 8. The van der Waals surface area contributed by atoms with E-state index in [1.165, 1.54) is 6.08 Å². The first kappa shape index (κ1) is 17.2. The Labute approximate surface area is 126 Å². The van der Waals surface area contributed by atoms with Crippen LogP contribution in [0, 0.1) is 5.92 Å². The number of carbonyl (C=O) groups excluding carboxylic acids is 1. The van der Waals surface area contributed by atoms with E-state index in [1.807, 2.05) is 9.97 Å². The SMILES string of the molecule is C=CCC(CC=C)C(=O)N(CC=C)n1c(=O)[nH]c(=O)[nH]c1=O. The van der Waals surface area contributed by atoms with Gasteiger partial charge in [-0.05, 0) is 12.8 Å². The van der Waals surface area contributed by atoms with Gasteiger partial charge in [-0.1, -0.05) is 18.2 Å². The van der Waals surface area contributed by atoms with Gasteiger partial charge < -0.3 is 0 Å². The summed E-state index contributed by atoms with van der Waals surface area (Å²) in [6.45, 7) is 10.6. The number of hydrogen-bond acceptors (Lipinski definition) is 4. The summed E-state index contributed by atoms with van der Waals surface area (Å²) in [6.07, 6.45) is 5.22. The molecule has 1 aromatic heterocycles. The third kappa shape index (κ3) is 3.81. The van der Waals surface area contributed by atoms with Crippen LogP contribution in [0.4, 0.5) is 0 Å². The summed E-state index contributed by atoms with van der Waals surface area (Å²) in [5.74, 6) is -0.993. The number of aromatic amines is 2. The van der Waals surface area contributed by atoms with Gasteiger partial charge in [0.15, 0.2) is 0 Å². The van der Waals surface area contributed by atoms with E-state index in [2.05, 4.69) is 19.7 Å². The highest BCUT2D eigenvalue weighted by Gasteiger charge is 2.25. The van der Waals surface area contributed by atoms with Crippen molar-refractivity contribution in [3.05, 3.63) is 69.4 Å². The highest BCUT2D eigenvalue weighted by atomic mass is 16.2. The van der Waals surface area contributed by atoms with Crippen LogP contribution in [0.5, 0.6) is 0 Å². The van der Waals surface area contributed by atoms with Gasteiger partial charge >= 0.3 is 17.1 Å². The van der Waals surface area contributed by atoms with Crippen LogP contribution < -0.4 is 22.1 Å². The van der Waals surface area contributed by atoms with Crippen LogP contribution in [0.2, 0.25) is 0 Å². The lowest BCUT2D eigenvalue weighted by molar-refractivity contribution is -0.123. The molecule has 0 aliphatic heterocycles. The lowest BCUT2D eigenvalue weighted by Gasteiger charge is -2.25. The molecule has 1 aromatic rings. The number of H-pyrrole nitrogens is 2. The third-order valence-corrected chi connectivity index (χ3v) is 2.88. The van der Waals surface area contributed by atoms with Gasteiger partial charge in [0.2, 0.25) is 5.91 Å². The number of hydrogen-bond donors (Lipinski definition) is 2. The quantitative estimate of drug-likeness (QED) is 0.640. The van der Waals surface area contributed by atoms with Crippen molar-refractivity contribution in [1.82, 2.24) is 14.6 Å². The minimum atomic E-state index is -1.00. The molecule has 0 bridgehead atoms. The Morgan fingerprint density at radius 2 is 1.55 bits per heavy atom. The van der Waals surface area contributed by atoms with Crippen LogP contribution in [-0.4, -0.2) is 27.1 Å². The Hall–Kier alpha value is -2.90. The molecular formula is C14H18N4O4. The van der Waals surface area contributed by atoms with Crippen LogP contribution in [0.1, 0.15) is 12.8 Å². The van der Waals surface area contributed by atoms with Crippen molar-refractivity contribution in [3.8, 4) is 0 Å². The molecule has 0 aromatic carbocycles. The Morgan fingerprint density at radius 1 is 1.05 bits per heavy atom. The molecular weight excluding hydrogens is 288 g/mol. The Morgan fingerprint density at radius 3 is 1.95 bits per heavy atom. The van der Waals surface area contributed by atoms with Crippen molar-refractivity contribution < 1.29 is 4.79 Å². The maximum atomic E-state index is 12.6. The van der Waals surface area contributed by atoms with Crippen LogP contribution >= 0.6 is 0 Å². The molecule has 1 amide bonds. The molecule has 22 heavy (non-hydrogen) atoms. The number of amides is 1. The lowest BCUT2D eigenvalue weighted by Crippen LogP contribution is -2.57. The standard InChI is InChI=1S/C14H18N4O4/c1-4-7-10(8-5-2)11(19)17(9-6-3)18-13(21)15-12(20)16-14(18)22/h4-6,10H,1-3,7-9H2,(H2,15,16,20,21,22). The maximum Gasteiger partial charge on any atom is 0.353 e. The molecule has 0 atom stereocenters. The molecule has 1 heterocycles. The van der Waals surface area contributed by atoms with E-state index in [9.17, 15) is 19.2 Å². The molecule has 1 rings (SSSR count). The minimum absolute atomic E-state index is 0.0708. The molecule has 0 radical (unpaired) electrons. The average molecular weight is 306 g/mol. The third-order valence-electron chi connectivity index (χ3n) is 2.88. The zero-order valence-corrected chi connectivity index (χ0v) is 12.1. The van der Waals surface area contributed by atoms with Gasteiger partial charge in [-0.3, -0.25) is 14.8 Å². The van der Waals surface area contributed by atoms with E-state index in [0.29, 0.717) is 17.5 Å². The fraction of sp³-hybridized carbons (Fsp3) is 0.286. The predicted molar refractivity (Wildman–Crippen MR) is 83.3 cm³/mol. The number of allylic oxidation sites excluding steroid dienone is 2. The molecule has 0 spiro atoms. The van der Waals surface area contributed by atoms with E-state index in [0.717, 1.165) is 5.01 Å². The van der Waals surface area contributed by atoms with Gasteiger partial charge in [0.25, 0.3) is 0 Å². The zero-order valence-electron chi connectivity index (χ0n) is 12.1. The molecule has 0 aliphatic carbocycles. The summed E-state index contributed by atoms with van der Waals surface area (Å²) in [7, 11) is 0. The molecule has 0 saturated carbocycles. The smallest absolute Gasteiger partial charge is 0.273 e. The monoisotopic (exact) mass is 306 g/mol. The normalized spacial score (nSPS) is 10.2. The first-order valence-corrected chi connectivity index (χ1v) is 6.56. The van der Waals surface area contributed by atoms with Crippen LogP contribution in [-0.2, 0) is 4.79 Å². The summed E-state index contributed by atoms with van der Waals surface area (Å²) in [6, 6.07) is 0. The second-order valence-corrected chi connectivity index (χ2v) is 4.46. The molecule has 0 fully saturated rings. The molecule has 0 unspecified atom stereocenters. The summed E-state index contributed by atoms with van der Waals surface area (Å²) in [5.41, 5.74) is -2.94. The van der Waals surface area contributed by atoms with Crippen LogP contribution in [0.15, 0.2) is 52.3 Å². The van der Waals surface area contributed by atoms with Crippen LogP contribution in [0.25, 0.3) is 0 Å². The first-order valence-electron chi connectivity index (χ1n) is 6.56. The second kappa shape index (κ2) is 7.77. The van der Waals surface area contributed by atoms with Crippen molar-refractivity contribution in [3.63, 3.8) is 0 Å². The first-order chi connectivity index (χ1) is 10.5. The zero-order chi connectivity index (χ0) is 16.7. The summed E-state index contributed by atoms with van der Waals surface area (Å²) >= 11 is 0. The van der Waals surface area contributed by atoms with Crippen molar-refractivity contribution in [2.24, 2.45) is 5.92 Å². The van der Waals surface area contributed by atoms with E-state index < -0.39 is 28.9 Å². The Kier molecular flexibility index (Phi) is 6.06. The van der Waals surface area contributed by atoms with Gasteiger partial charge in [-0.2, -0.15) is 0 Å². The van der Waals surface area contributed by atoms with Crippen molar-refractivity contribution in [2.75, 3.05) is 11.6 Å². The second-order valence-electron chi connectivity index (χ2n) is 4.46. The fourth-order valence-corrected chi connectivity index (χ4v) is 1.95. The highest BCUT2D eigenvalue weighted by Crippen LogP contribution is 2.12. The fourth-order valence-electron chi connectivity index (χ4n) is 1.95. The van der Waals surface area contributed by atoms with Crippen LogP contribution in [0.3, 0.4) is 0 Å². The van der Waals surface area contributed by atoms with Gasteiger partial charge in [0, 0.05) is 5.92 Å². The van der Waals surface area contributed by atoms with Gasteiger partial charge in [-0.25, -0.2) is 19.4 Å². The topological polar surface area (TPSA) is 108 Å². The van der Waals surface area contributed by atoms with E-state index in [1.54, 1.807) is 12.2 Å². The highest BCUT2D eigenvalue weighted by molar-refractivity contribution is 5.88.